The molecule has 0 amide bonds. The van der Waals surface area contributed by atoms with Crippen LogP contribution in [0.15, 0.2) is 16.0 Å². The summed E-state index contributed by atoms with van der Waals surface area (Å²) in [6, 6.07) is 2.42. The summed E-state index contributed by atoms with van der Waals surface area (Å²) in [6.45, 7) is 2.92. The number of likely N-dealkylation sites (N-methyl/N-ethyl adjacent to an activating group) is 1. The fourth-order valence-electron chi connectivity index (χ4n) is 2.77. The van der Waals surface area contributed by atoms with E-state index in [4.69, 9.17) is 4.52 Å². The highest BCUT2D eigenvalue weighted by molar-refractivity contribution is 7.13. The van der Waals surface area contributed by atoms with Gasteiger partial charge in [-0.15, -0.1) is 11.3 Å². The van der Waals surface area contributed by atoms with Crippen molar-refractivity contribution in [1.82, 2.24) is 20.4 Å². The number of aromatic nitrogens is 2. The van der Waals surface area contributed by atoms with Crippen molar-refractivity contribution in [3.63, 3.8) is 0 Å². The molecule has 1 aliphatic carbocycles. The summed E-state index contributed by atoms with van der Waals surface area (Å²) in [7, 11) is 2.11. The van der Waals surface area contributed by atoms with Gasteiger partial charge >= 0.3 is 0 Å². The van der Waals surface area contributed by atoms with Gasteiger partial charge in [0.05, 0.1) is 10.9 Å². The third kappa shape index (κ3) is 2.17. The molecule has 2 aliphatic rings. The molecule has 106 valence electrons. The summed E-state index contributed by atoms with van der Waals surface area (Å²) < 4.78 is 5.52. The lowest BCUT2D eigenvalue weighted by Crippen LogP contribution is -2.44. The van der Waals surface area contributed by atoms with E-state index < -0.39 is 0 Å². The first-order valence-corrected chi connectivity index (χ1v) is 8.03. The molecular weight excluding hydrogens is 272 g/mol. The van der Waals surface area contributed by atoms with Crippen LogP contribution in [0.3, 0.4) is 0 Å². The predicted octanol–water partition coefficient (Wildman–Crippen LogP) is 2.25. The number of thiophene rings is 1. The highest BCUT2D eigenvalue weighted by Crippen LogP contribution is 2.46. The first-order chi connectivity index (χ1) is 9.83. The van der Waals surface area contributed by atoms with Crippen LogP contribution in [-0.4, -0.2) is 41.7 Å². The fraction of sp³-hybridized carbons (Fsp3) is 0.571. The Morgan fingerprint density at radius 1 is 1.45 bits per heavy atom. The average molecular weight is 290 g/mol. The molecule has 3 heterocycles. The molecule has 1 aliphatic heterocycles. The van der Waals surface area contributed by atoms with E-state index in [2.05, 4.69) is 38.9 Å². The minimum Gasteiger partial charge on any atom is -0.333 e. The van der Waals surface area contributed by atoms with Crippen LogP contribution in [0.4, 0.5) is 0 Å². The highest BCUT2D eigenvalue weighted by Gasteiger charge is 2.30. The Balaban J connectivity index is 1.62. The van der Waals surface area contributed by atoms with Gasteiger partial charge in [-0.05, 0) is 42.8 Å². The van der Waals surface area contributed by atoms with Gasteiger partial charge in [0.15, 0.2) is 5.82 Å². The van der Waals surface area contributed by atoms with Crippen molar-refractivity contribution in [3.05, 3.63) is 22.8 Å². The molecule has 1 saturated heterocycles. The maximum Gasteiger partial charge on any atom is 0.268 e. The Hall–Kier alpha value is -1.24. The van der Waals surface area contributed by atoms with Crippen molar-refractivity contribution in [2.75, 3.05) is 26.7 Å². The summed E-state index contributed by atoms with van der Waals surface area (Å²) >= 11 is 1.71. The minimum atomic E-state index is 0.214. The van der Waals surface area contributed by atoms with Crippen molar-refractivity contribution in [2.24, 2.45) is 0 Å². The maximum absolute atomic E-state index is 5.52. The highest BCUT2D eigenvalue weighted by atomic mass is 32.1. The van der Waals surface area contributed by atoms with Gasteiger partial charge < -0.3 is 9.84 Å². The van der Waals surface area contributed by atoms with Gasteiger partial charge in [-0.1, -0.05) is 5.16 Å². The van der Waals surface area contributed by atoms with E-state index in [9.17, 15) is 0 Å². The predicted molar refractivity (Wildman–Crippen MR) is 77.8 cm³/mol. The van der Waals surface area contributed by atoms with E-state index in [-0.39, 0.29) is 6.04 Å². The lowest BCUT2D eigenvalue weighted by Gasteiger charge is -2.30. The van der Waals surface area contributed by atoms with Crippen LogP contribution in [-0.2, 0) is 0 Å². The van der Waals surface area contributed by atoms with Gasteiger partial charge in [-0.2, -0.15) is 4.98 Å². The second-order valence-corrected chi connectivity index (χ2v) is 6.55. The number of nitrogens with one attached hydrogen (secondary N) is 1. The summed E-state index contributed by atoms with van der Waals surface area (Å²) in [5, 5.41) is 9.72. The molecule has 2 fully saturated rings. The van der Waals surface area contributed by atoms with Crippen LogP contribution < -0.4 is 5.32 Å². The number of piperazine rings is 1. The lowest BCUT2D eigenvalue weighted by molar-refractivity contribution is 0.190. The summed E-state index contributed by atoms with van der Waals surface area (Å²) in [5.74, 6) is 2.20. The number of rotatable bonds is 3. The second kappa shape index (κ2) is 4.95. The molecule has 4 rings (SSSR count). The van der Waals surface area contributed by atoms with E-state index in [1.807, 2.05) is 0 Å². The Morgan fingerprint density at radius 3 is 3.15 bits per heavy atom. The largest absolute Gasteiger partial charge is 0.333 e. The van der Waals surface area contributed by atoms with Crippen molar-refractivity contribution in [2.45, 2.75) is 24.8 Å². The monoisotopic (exact) mass is 290 g/mol. The van der Waals surface area contributed by atoms with E-state index in [0.717, 1.165) is 30.3 Å². The van der Waals surface area contributed by atoms with Gasteiger partial charge in [0.2, 0.25) is 0 Å². The van der Waals surface area contributed by atoms with Crippen molar-refractivity contribution in [3.8, 4) is 10.8 Å². The zero-order valence-electron chi connectivity index (χ0n) is 11.5. The minimum absolute atomic E-state index is 0.214. The van der Waals surface area contributed by atoms with Gasteiger partial charge in [0.1, 0.15) is 0 Å². The Labute approximate surface area is 122 Å². The van der Waals surface area contributed by atoms with Gasteiger partial charge in [0, 0.05) is 19.6 Å². The molecule has 5 nitrogen and oxygen atoms in total. The molecule has 2 aromatic heterocycles. The van der Waals surface area contributed by atoms with E-state index in [0.29, 0.717) is 11.8 Å². The third-order valence-electron chi connectivity index (χ3n) is 4.16. The second-order valence-electron chi connectivity index (χ2n) is 5.64. The van der Waals surface area contributed by atoms with Crippen LogP contribution in [0.25, 0.3) is 10.8 Å². The van der Waals surface area contributed by atoms with Crippen LogP contribution in [0, 0.1) is 0 Å². The normalized spacial score (nSPS) is 24.1. The number of nitrogens with zero attached hydrogens (tertiary/aromatic N) is 3. The molecule has 20 heavy (non-hydrogen) atoms. The maximum atomic E-state index is 5.52. The molecule has 0 bridgehead atoms. The Bertz CT molecular complexity index is 604. The third-order valence-corrected chi connectivity index (χ3v) is 5.08. The molecule has 2 aromatic rings. The first kappa shape index (κ1) is 12.5. The standard InChI is InChI=1S/C14H18N4OS/c1-18-6-5-15-8-11(18)13-16-14(19-17-13)12-10(4-7-20-12)9-2-3-9/h4,7,9,11,15H,2-3,5-6,8H2,1H3. The van der Waals surface area contributed by atoms with Crippen LogP contribution in [0.1, 0.15) is 36.2 Å². The SMILES string of the molecule is CN1CCNCC1c1noc(-c2sccc2C2CC2)n1. The van der Waals surface area contributed by atoms with Crippen molar-refractivity contribution < 1.29 is 4.52 Å². The topological polar surface area (TPSA) is 54.2 Å². The number of hydrogen-bond acceptors (Lipinski definition) is 6. The molecule has 6 heteroatoms. The van der Waals surface area contributed by atoms with Crippen molar-refractivity contribution in [1.29, 1.82) is 0 Å². The molecule has 1 unspecified atom stereocenters. The summed E-state index contributed by atoms with van der Waals surface area (Å²) in [4.78, 5) is 8.09. The average Bonchev–Trinajstić information content (AvgIpc) is 3.01. The van der Waals surface area contributed by atoms with Crippen LogP contribution >= 0.6 is 11.3 Å². The molecule has 1 N–H and O–H groups in total. The van der Waals surface area contributed by atoms with Gasteiger partial charge in [0.25, 0.3) is 5.89 Å². The number of hydrogen-bond donors (Lipinski definition) is 1. The zero-order valence-corrected chi connectivity index (χ0v) is 12.3. The Morgan fingerprint density at radius 2 is 2.35 bits per heavy atom. The van der Waals surface area contributed by atoms with E-state index in [1.54, 1.807) is 11.3 Å². The molecule has 1 saturated carbocycles. The molecule has 0 spiro atoms. The zero-order chi connectivity index (χ0) is 13.5. The van der Waals surface area contributed by atoms with Gasteiger partial charge in [-0.3, -0.25) is 4.90 Å². The van der Waals surface area contributed by atoms with E-state index >= 15 is 0 Å². The quantitative estimate of drug-likeness (QED) is 0.939. The van der Waals surface area contributed by atoms with Crippen molar-refractivity contribution >= 4 is 11.3 Å². The Kier molecular flexibility index (Phi) is 3.09. The lowest BCUT2D eigenvalue weighted by atomic mass is 10.1. The van der Waals surface area contributed by atoms with Crippen LogP contribution in [0.2, 0.25) is 0 Å². The fourth-order valence-corrected chi connectivity index (χ4v) is 3.67. The first-order valence-electron chi connectivity index (χ1n) is 7.15. The molecule has 1 atom stereocenters. The van der Waals surface area contributed by atoms with Crippen LogP contribution in [0.5, 0.6) is 0 Å². The smallest absolute Gasteiger partial charge is 0.268 e. The van der Waals surface area contributed by atoms with Gasteiger partial charge in [-0.25, -0.2) is 0 Å². The molecule has 0 radical (unpaired) electrons. The summed E-state index contributed by atoms with van der Waals surface area (Å²) in [5.41, 5.74) is 1.39. The molecule has 0 aromatic carbocycles. The van der Waals surface area contributed by atoms with E-state index in [1.165, 1.54) is 18.4 Å². The molecular formula is C14H18N4OS. The summed E-state index contributed by atoms with van der Waals surface area (Å²) in [6.07, 6.45) is 2.58.